The van der Waals surface area contributed by atoms with E-state index in [2.05, 4.69) is 10.3 Å². The molecule has 0 radical (unpaired) electrons. The number of carbonyl (C=O) groups excluding carboxylic acids is 2. The third-order valence-corrected chi connectivity index (χ3v) is 3.85. The molecule has 0 spiro atoms. The van der Waals surface area contributed by atoms with E-state index in [0.717, 1.165) is 24.8 Å². The first kappa shape index (κ1) is 12.7. The number of hydrogen-bond donors (Lipinski definition) is 2. The maximum atomic E-state index is 12.3. The molecular weight excluding hydrogens is 256 g/mol. The zero-order valence-electron chi connectivity index (χ0n) is 11.0. The summed E-state index contributed by atoms with van der Waals surface area (Å²) in [7, 11) is 0. The van der Waals surface area contributed by atoms with Crippen LogP contribution in [0.25, 0.3) is 5.52 Å². The van der Waals surface area contributed by atoms with Crippen molar-refractivity contribution in [1.29, 1.82) is 0 Å². The summed E-state index contributed by atoms with van der Waals surface area (Å²) in [5.74, 6) is -0.644. The summed E-state index contributed by atoms with van der Waals surface area (Å²) in [6, 6.07) is 5.52. The maximum absolute atomic E-state index is 12.3. The Bertz CT molecular complexity index is 673. The summed E-state index contributed by atoms with van der Waals surface area (Å²) in [5, 5.41) is 2.92. The van der Waals surface area contributed by atoms with Gasteiger partial charge in [0.1, 0.15) is 5.69 Å². The van der Waals surface area contributed by atoms with E-state index < -0.39 is 5.54 Å². The molecule has 1 aliphatic rings. The van der Waals surface area contributed by atoms with Gasteiger partial charge in [0.05, 0.1) is 6.33 Å². The number of nitrogens with zero attached hydrogens (tertiary/aromatic N) is 2. The van der Waals surface area contributed by atoms with Gasteiger partial charge in [-0.05, 0) is 37.5 Å². The standard InChI is InChI=1S/C14H16N4O2/c15-12(19)8-14(4-2-5-14)17-13(20)11-7-10-3-1-6-18(10)9-16-11/h1,3,6-7,9H,2,4-5,8H2,(H2,15,19)(H,17,20). The average molecular weight is 272 g/mol. The van der Waals surface area contributed by atoms with Crippen LogP contribution in [0.3, 0.4) is 0 Å². The first-order chi connectivity index (χ1) is 9.58. The fraction of sp³-hybridized carbons (Fsp3) is 0.357. The Labute approximate surface area is 116 Å². The van der Waals surface area contributed by atoms with E-state index in [0.29, 0.717) is 5.69 Å². The minimum absolute atomic E-state index is 0.187. The van der Waals surface area contributed by atoms with Crippen LogP contribution >= 0.6 is 0 Å². The predicted molar refractivity (Wildman–Crippen MR) is 73.1 cm³/mol. The van der Waals surface area contributed by atoms with E-state index in [1.54, 1.807) is 12.4 Å². The number of aromatic nitrogens is 2. The molecule has 0 aromatic carbocycles. The molecular formula is C14H16N4O2. The molecule has 6 heteroatoms. The molecule has 3 N–H and O–H groups in total. The summed E-state index contributed by atoms with van der Waals surface area (Å²) in [4.78, 5) is 27.5. The summed E-state index contributed by atoms with van der Waals surface area (Å²) in [6.07, 6.45) is 6.23. The Morgan fingerprint density at radius 3 is 2.90 bits per heavy atom. The second-order valence-electron chi connectivity index (χ2n) is 5.35. The van der Waals surface area contributed by atoms with Crippen LogP contribution in [0.15, 0.2) is 30.7 Å². The molecule has 2 heterocycles. The summed E-state index contributed by atoms with van der Waals surface area (Å²) in [5.41, 5.74) is 6.04. The molecule has 104 valence electrons. The van der Waals surface area contributed by atoms with Crippen LogP contribution in [0.2, 0.25) is 0 Å². The Kier molecular flexibility index (Phi) is 2.93. The molecule has 1 saturated carbocycles. The zero-order valence-corrected chi connectivity index (χ0v) is 11.0. The monoisotopic (exact) mass is 272 g/mol. The van der Waals surface area contributed by atoms with Crippen LogP contribution in [0.5, 0.6) is 0 Å². The lowest BCUT2D eigenvalue weighted by Gasteiger charge is -2.41. The topological polar surface area (TPSA) is 89.5 Å². The van der Waals surface area contributed by atoms with Gasteiger partial charge in [-0.25, -0.2) is 4.98 Å². The third-order valence-electron chi connectivity index (χ3n) is 3.85. The number of nitrogens with one attached hydrogen (secondary N) is 1. The van der Waals surface area contributed by atoms with E-state index in [1.165, 1.54) is 0 Å². The molecule has 6 nitrogen and oxygen atoms in total. The zero-order chi connectivity index (χ0) is 14.2. The molecule has 1 fully saturated rings. The van der Waals surface area contributed by atoms with Gasteiger partial charge in [-0.15, -0.1) is 0 Å². The predicted octanol–water partition coefficient (Wildman–Crippen LogP) is 0.862. The highest BCUT2D eigenvalue weighted by atomic mass is 16.2. The van der Waals surface area contributed by atoms with Crippen molar-refractivity contribution in [2.75, 3.05) is 0 Å². The van der Waals surface area contributed by atoms with E-state index in [9.17, 15) is 9.59 Å². The molecule has 0 atom stereocenters. The second kappa shape index (κ2) is 4.63. The summed E-state index contributed by atoms with van der Waals surface area (Å²) in [6.45, 7) is 0. The largest absolute Gasteiger partial charge is 0.370 e. The van der Waals surface area contributed by atoms with Gasteiger partial charge in [0.15, 0.2) is 0 Å². The highest BCUT2D eigenvalue weighted by molar-refractivity contribution is 5.94. The van der Waals surface area contributed by atoms with Crippen LogP contribution in [0.4, 0.5) is 0 Å². The summed E-state index contributed by atoms with van der Waals surface area (Å²) < 4.78 is 1.83. The SMILES string of the molecule is NC(=O)CC1(NC(=O)c2cc3cccn3cn2)CCC1. The number of rotatable bonds is 4. The fourth-order valence-electron chi connectivity index (χ4n) is 2.65. The van der Waals surface area contributed by atoms with Crippen LogP contribution in [-0.4, -0.2) is 26.7 Å². The molecule has 2 aromatic rings. The Hall–Kier alpha value is -2.37. The van der Waals surface area contributed by atoms with Crippen molar-refractivity contribution in [3.63, 3.8) is 0 Å². The number of primary amides is 1. The fourth-order valence-corrected chi connectivity index (χ4v) is 2.65. The van der Waals surface area contributed by atoms with Crippen molar-refractivity contribution in [3.8, 4) is 0 Å². The van der Waals surface area contributed by atoms with Crippen LogP contribution in [0, 0.1) is 0 Å². The minimum atomic E-state index is -0.473. The Balaban J connectivity index is 1.79. The van der Waals surface area contributed by atoms with Gasteiger partial charge in [-0.2, -0.15) is 0 Å². The van der Waals surface area contributed by atoms with Crippen molar-refractivity contribution in [3.05, 3.63) is 36.4 Å². The number of amides is 2. The number of fused-ring (bicyclic) bond motifs is 1. The van der Waals surface area contributed by atoms with Gasteiger partial charge >= 0.3 is 0 Å². The number of hydrogen-bond acceptors (Lipinski definition) is 3. The van der Waals surface area contributed by atoms with Crippen LogP contribution in [-0.2, 0) is 4.79 Å². The van der Waals surface area contributed by atoms with E-state index in [-0.39, 0.29) is 18.2 Å². The van der Waals surface area contributed by atoms with Crippen LogP contribution < -0.4 is 11.1 Å². The van der Waals surface area contributed by atoms with Gasteiger partial charge in [0.25, 0.3) is 5.91 Å². The highest BCUT2D eigenvalue weighted by Gasteiger charge is 2.40. The number of nitrogens with two attached hydrogens (primary N) is 1. The van der Waals surface area contributed by atoms with Gasteiger partial charge < -0.3 is 15.5 Å². The second-order valence-corrected chi connectivity index (χ2v) is 5.35. The molecule has 0 bridgehead atoms. The van der Waals surface area contributed by atoms with Crippen molar-refractivity contribution in [1.82, 2.24) is 14.7 Å². The van der Waals surface area contributed by atoms with Crippen molar-refractivity contribution >= 4 is 17.3 Å². The molecule has 20 heavy (non-hydrogen) atoms. The third kappa shape index (κ3) is 2.24. The Morgan fingerprint density at radius 2 is 2.25 bits per heavy atom. The van der Waals surface area contributed by atoms with E-state index in [4.69, 9.17) is 5.73 Å². The maximum Gasteiger partial charge on any atom is 0.270 e. The molecule has 1 aliphatic carbocycles. The first-order valence-corrected chi connectivity index (χ1v) is 6.62. The molecule has 2 aromatic heterocycles. The lowest BCUT2D eigenvalue weighted by Crippen LogP contribution is -2.55. The number of carbonyl (C=O) groups is 2. The minimum Gasteiger partial charge on any atom is -0.370 e. The Morgan fingerprint density at radius 1 is 1.45 bits per heavy atom. The lowest BCUT2D eigenvalue weighted by atomic mass is 9.74. The quantitative estimate of drug-likeness (QED) is 0.865. The molecule has 0 unspecified atom stereocenters. The smallest absolute Gasteiger partial charge is 0.270 e. The summed E-state index contributed by atoms with van der Waals surface area (Å²) >= 11 is 0. The van der Waals surface area contributed by atoms with E-state index in [1.807, 2.05) is 22.7 Å². The average Bonchev–Trinajstić information content (AvgIpc) is 2.82. The molecule has 3 rings (SSSR count). The molecule has 0 aliphatic heterocycles. The van der Waals surface area contributed by atoms with Gasteiger partial charge in [-0.3, -0.25) is 9.59 Å². The molecule has 0 saturated heterocycles. The lowest BCUT2D eigenvalue weighted by molar-refractivity contribution is -0.120. The first-order valence-electron chi connectivity index (χ1n) is 6.62. The van der Waals surface area contributed by atoms with Crippen molar-refractivity contribution in [2.45, 2.75) is 31.2 Å². The van der Waals surface area contributed by atoms with E-state index >= 15 is 0 Å². The van der Waals surface area contributed by atoms with Gasteiger partial charge in [0, 0.05) is 23.7 Å². The molecule has 2 amide bonds. The normalized spacial score (nSPS) is 16.6. The van der Waals surface area contributed by atoms with Crippen molar-refractivity contribution < 1.29 is 9.59 Å². The van der Waals surface area contributed by atoms with Crippen molar-refractivity contribution in [2.24, 2.45) is 5.73 Å². The van der Waals surface area contributed by atoms with Gasteiger partial charge in [-0.1, -0.05) is 0 Å². The van der Waals surface area contributed by atoms with Crippen LogP contribution in [0.1, 0.15) is 36.2 Å². The highest BCUT2D eigenvalue weighted by Crippen LogP contribution is 2.34. The van der Waals surface area contributed by atoms with Gasteiger partial charge in [0.2, 0.25) is 5.91 Å².